The Morgan fingerprint density at radius 1 is 1.03 bits per heavy atom. The molecule has 2 N–H and O–H groups in total. The summed E-state index contributed by atoms with van der Waals surface area (Å²) in [5.41, 5.74) is 1.07. The summed E-state index contributed by atoms with van der Waals surface area (Å²) in [6, 6.07) is 12.4. The number of nitrogens with one attached hydrogen (secondary N) is 2. The van der Waals surface area contributed by atoms with E-state index in [0.29, 0.717) is 29.5 Å². The van der Waals surface area contributed by atoms with Crippen LogP contribution in [0, 0.1) is 5.82 Å². The molecule has 3 aromatic rings. The molecule has 0 aliphatic carbocycles. The molecular formula is C21H19ClFN5O2S. The first-order valence-corrected chi connectivity index (χ1v) is 10.9. The number of amides is 3. The average Bonchev–Trinajstić information content (AvgIpc) is 3.27. The van der Waals surface area contributed by atoms with Gasteiger partial charge in [-0.25, -0.2) is 9.18 Å². The zero-order chi connectivity index (χ0) is 21.8. The fraction of sp³-hybridized carbons (Fsp3) is 0.238. The molecular weight excluding hydrogens is 441 g/mol. The molecule has 1 aliphatic rings. The number of halogens is 2. The number of carbonyl (C=O) groups excluding carboxylic acids is 2. The molecule has 0 saturated carbocycles. The standard InChI is InChI=1S/C21H19ClFN5O2S/c22-16-3-1-2-4-17(16)25-21(30)28-11-9-13(10-12-28)19-26-27-20(31-19)18(29)24-15-7-5-14(23)6-8-15/h1-8,13H,9-12H2,(H,24,29)(H,25,30). The van der Waals surface area contributed by atoms with Gasteiger partial charge < -0.3 is 15.5 Å². The number of piperidine rings is 1. The van der Waals surface area contributed by atoms with E-state index in [1.54, 1.807) is 23.1 Å². The van der Waals surface area contributed by atoms with Crippen LogP contribution in [0.1, 0.15) is 33.6 Å². The molecule has 4 rings (SSSR count). The normalized spacial score (nSPS) is 14.3. The predicted octanol–water partition coefficient (Wildman–Crippen LogP) is 4.99. The number of nitrogens with zero attached hydrogens (tertiary/aromatic N) is 3. The molecule has 0 bridgehead atoms. The van der Waals surface area contributed by atoms with Crippen molar-refractivity contribution in [1.82, 2.24) is 15.1 Å². The van der Waals surface area contributed by atoms with Gasteiger partial charge in [-0.3, -0.25) is 4.79 Å². The van der Waals surface area contributed by atoms with E-state index in [0.717, 1.165) is 17.8 Å². The van der Waals surface area contributed by atoms with Gasteiger partial charge in [-0.05, 0) is 49.2 Å². The van der Waals surface area contributed by atoms with Crippen molar-refractivity contribution in [2.75, 3.05) is 23.7 Å². The van der Waals surface area contributed by atoms with Crippen molar-refractivity contribution in [3.8, 4) is 0 Å². The van der Waals surface area contributed by atoms with Gasteiger partial charge in [0.25, 0.3) is 5.91 Å². The highest BCUT2D eigenvalue weighted by molar-refractivity contribution is 7.13. The molecule has 160 valence electrons. The van der Waals surface area contributed by atoms with E-state index in [1.165, 1.54) is 35.6 Å². The summed E-state index contributed by atoms with van der Waals surface area (Å²) in [6.07, 6.45) is 1.45. The number of aromatic nitrogens is 2. The highest BCUT2D eigenvalue weighted by atomic mass is 35.5. The van der Waals surface area contributed by atoms with Gasteiger partial charge in [0.15, 0.2) is 0 Å². The van der Waals surface area contributed by atoms with Crippen LogP contribution in [-0.4, -0.2) is 40.1 Å². The Morgan fingerprint density at radius 3 is 2.45 bits per heavy atom. The molecule has 7 nitrogen and oxygen atoms in total. The molecule has 1 aromatic heterocycles. The molecule has 2 heterocycles. The zero-order valence-corrected chi connectivity index (χ0v) is 17.9. The number of hydrogen-bond acceptors (Lipinski definition) is 5. The maximum Gasteiger partial charge on any atom is 0.321 e. The number of benzene rings is 2. The molecule has 0 radical (unpaired) electrons. The van der Waals surface area contributed by atoms with E-state index < -0.39 is 0 Å². The van der Waals surface area contributed by atoms with Gasteiger partial charge in [-0.1, -0.05) is 35.1 Å². The van der Waals surface area contributed by atoms with E-state index in [1.807, 2.05) is 6.07 Å². The largest absolute Gasteiger partial charge is 0.324 e. The quantitative estimate of drug-likeness (QED) is 0.575. The Hall–Kier alpha value is -3.04. The summed E-state index contributed by atoms with van der Waals surface area (Å²) < 4.78 is 13.0. The van der Waals surface area contributed by atoms with Gasteiger partial charge in [0.2, 0.25) is 5.01 Å². The van der Waals surface area contributed by atoms with E-state index in [4.69, 9.17) is 11.6 Å². The first-order chi connectivity index (χ1) is 15.0. The third kappa shape index (κ3) is 5.18. The smallest absolute Gasteiger partial charge is 0.321 e. The van der Waals surface area contributed by atoms with Crippen LogP contribution in [0.3, 0.4) is 0 Å². The van der Waals surface area contributed by atoms with Crippen molar-refractivity contribution in [1.29, 1.82) is 0 Å². The number of anilines is 2. The Morgan fingerprint density at radius 2 is 1.74 bits per heavy atom. The van der Waals surface area contributed by atoms with Crippen LogP contribution in [0.2, 0.25) is 5.02 Å². The van der Waals surface area contributed by atoms with Crippen LogP contribution in [-0.2, 0) is 0 Å². The third-order valence-corrected chi connectivity index (χ3v) is 6.40. The Labute approximate surface area is 187 Å². The zero-order valence-electron chi connectivity index (χ0n) is 16.3. The lowest BCUT2D eigenvalue weighted by atomic mass is 9.98. The minimum Gasteiger partial charge on any atom is -0.324 e. The number of likely N-dealkylation sites (tertiary alicyclic amines) is 1. The summed E-state index contributed by atoms with van der Waals surface area (Å²) in [4.78, 5) is 26.6. The highest BCUT2D eigenvalue weighted by Crippen LogP contribution is 2.31. The molecule has 1 aliphatic heterocycles. The number of hydrogen-bond donors (Lipinski definition) is 2. The molecule has 2 aromatic carbocycles. The summed E-state index contributed by atoms with van der Waals surface area (Å²) in [5.74, 6) is -0.621. The second-order valence-electron chi connectivity index (χ2n) is 7.08. The molecule has 0 unspecified atom stereocenters. The van der Waals surface area contributed by atoms with Gasteiger partial charge in [0.05, 0.1) is 10.7 Å². The average molecular weight is 460 g/mol. The number of urea groups is 1. The summed E-state index contributed by atoms with van der Waals surface area (Å²) in [5, 5.41) is 15.2. The number of carbonyl (C=O) groups is 2. The SMILES string of the molecule is O=C(Nc1ccc(F)cc1)c1nnc(C2CCN(C(=O)Nc3ccccc3Cl)CC2)s1. The van der Waals surface area contributed by atoms with Crippen LogP contribution in [0.15, 0.2) is 48.5 Å². The highest BCUT2D eigenvalue weighted by Gasteiger charge is 2.27. The monoisotopic (exact) mass is 459 g/mol. The maximum atomic E-state index is 13.0. The van der Waals surface area contributed by atoms with E-state index in [2.05, 4.69) is 20.8 Å². The van der Waals surface area contributed by atoms with Crippen LogP contribution < -0.4 is 10.6 Å². The van der Waals surface area contributed by atoms with Crippen molar-refractivity contribution in [2.45, 2.75) is 18.8 Å². The lowest BCUT2D eigenvalue weighted by Crippen LogP contribution is -2.40. The van der Waals surface area contributed by atoms with E-state index in [9.17, 15) is 14.0 Å². The summed E-state index contributed by atoms with van der Waals surface area (Å²) in [6.45, 7) is 1.13. The summed E-state index contributed by atoms with van der Waals surface area (Å²) in [7, 11) is 0. The van der Waals surface area contributed by atoms with Gasteiger partial charge in [-0.2, -0.15) is 0 Å². The first-order valence-electron chi connectivity index (χ1n) is 9.70. The Bertz CT molecular complexity index is 1080. The molecule has 0 spiro atoms. The van der Waals surface area contributed by atoms with E-state index >= 15 is 0 Å². The van der Waals surface area contributed by atoms with E-state index in [-0.39, 0.29) is 28.7 Å². The Balaban J connectivity index is 1.31. The number of para-hydroxylation sites is 1. The lowest BCUT2D eigenvalue weighted by molar-refractivity contribution is 0.102. The van der Waals surface area contributed by atoms with Gasteiger partial charge in [-0.15, -0.1) is 10.2 Å². The topological polar surface area (TPSA) is 87.2 Å². The van der Waals surface area contributed by atoms with Crippen LogP contribution in [0.25, 0.3) is 0 Å². The lowest BCUT2D eigenvalue weighted by Gasteiger charge is -2.31. The maximum absolute atomic E-state index is 13.0. The van der Waals surface area contributed by atoms with Gasteiger partial charge >= 0.3 is 6.03 Å². The van der Waals surface area contributed by atoms with Crippen molar-refractivity contribution < 1.29 is 14.0 Å². The van der Waals surface area contributed by atoms with Crippen molar-refractivity contribution in [3.63, 3.8) is 0 Å². The van der Waals surface area contributed by atoms with Gasteiger partial charge in [0.1, 0.15) is 10.8 Å². The first kappa shape index (κ1) is 21.2. The molecule has 1 saturated heterocycles. The fourth-order valence-corrected chi connectivity index (χ4v) is 4.39. The summed E-state index contributed by atoms with van der Waals surface area (Å²) >= 11 is 7.34. The van der Waals surface area contributed by atoms with Crippen LogP contribution in [0.5, 0.6) is 0 Å². The minimum atomic E-state index is -0.382. The van der Waals surface area contributed by atoms with Crippen LogP contribution >= 0.6 is 22.9 Å². The predicted molar refractivity (Wildman–Crippen MR) is 118 cm³/mol. The van der Waals surface area contributed by atoms with Crippen molar-refractivity contribution >= 4 is 46.3 Å². The van der Waals surface area contributed by atoms with Gasteiger partial charge in [0, 0.05) is 24.7 Å². The second kappa shape index (κ2) is 9.40. The van der Waals surface area contributed by atoms with Crippen molar-refractivity contribution in [2.24, 2.45) is 0 Å². The van der Waals surface area contributed by atoms with Crippen molar-refractivity contribution in [3.05, 3.63) is 69.4 Å². The molecule has 1 fully saturated rings. The molecule has 10 heteroatoms. The molecule has 31 heavy (non-hydrogen) atoms. The second-order valence-corrected chi connectivity index (χ2v) is 8.49. The third-order valence-electron chi connectivity index (χ3n) is 4.98. The minimum absolute atomic E-state index is 0.134. The van der Waals surface area contributed by atoms with Crippen LogP contribution in [0.4, 0.5) is 20.6 Å². The number of rotatable bonds is 4. The Kier molecular flexibility index (Phi) is 6.43. The molecule has 3 amide bonds. The fourth-order valence-electron chi connectivity index (χ4n) is 3.30. The molecule has 0 atom stereocenters.